The van der Waals surface area contributed by atoms with Crippen LogP contribution in [0.3, 0.4) is 0 Å². The van der Waals surface area contributed by atoms with Crippen molar-refractivity contribution < 1.29 is 9.59 Å². The number of fused-ring (bicyclic) bond motifs is 3. The number of para-hydroxylation sites is 1. The summed E-state index contributed by atoms with van der Waals surface area (Å²) in [5, 5.41) is 6.96. The highest BCUT2D eigenvalue weighted by Crippen LogP contribution is 2.66. The summed E-state index contributed by atoms with van der Waals surface area (Å²) in [7, 11) is 0. The molecule has 1 amide bonds. The lowest BCUT2D eigenvalue weighted by Gasteiger charge is -2.43. The lowest BCUT2D eigenvalue weighted by atomic mass is 9.56. The number of carbonyl (C=O) groups excluding carboxylic acids is 2. The fourth-order valence-corrected chi connectivity index (χ4v) is 6.83. The summed E-state index contributed by atoms with van der Waals surface area (Å²) < 4.78 is 0. The van der Waals surface area contributed by atoms with Crippen LogP contribution in [0.5, 0.6) is 0 Å². The number of amides is 1. The lowest BCUT2D eigenvalue weighted by Crippen LogP contribution is -2.58. The maximum absolute atomic E-state index is 14.3. The van der Waals surface area contributed by atoms with Crippen LogP contribution >= 0.6 is 0 Å². The predicted octanol–water partition coefficient (Wildman–Crippen LogP) is 5.48. The number of anilines is 1. The molecule has 1 saturated heterocycles. The Bertz CT molecular complexity index is 1210. The monoisotopic (exact) mass is 436 g/mol. The van der Waals surface area contributed by atoms with Crippen molar-refractivity contribution in [3.8, 4) is 0 Å². The number of hydrogen-bond donors (Lipinski definition) is 2. The smallest absolute Gasteiger partial charge is 0.250 e. The van der Waals surface area contributed by atoms with Crippen molar-refractivity contribution in [1.82, 2.24) is 5.32 Å². The Labute approximate surface area is 194 Å². The number of nitrogens with one attached hydrogen (secondary N) is 2. The Hall–Kier alpha value is -3.24. The van der Waals surface area contributed by atoms with E-state index in [0.29, 0.717) is 12.8 Å². The summed E-state index contributed by atoms with van der Waals surface area (Å²) in [6.07, 6.45) is 4.06. The Morgan fingerprint density at radius 2 is 1.39 bits per heavy atom. The molecule has 0 bridgehead atoms. The van der Waals surface area contributed by atoms with Crippen LogP contribution in [0.1, 0.15) is 60.8 Å². The van der Waals surface area contributed by atoms with E-state index < -0.39 is 11.0 Å². The van der Waals surface area contributed by atoms with Gasteiger partial charge in [-0.25, -0.2) is 0 Å². The third-order valence-electron chi connectivity index (χ3n) is 8.12. The predicted molar refractivity (Wildman–Crippen MR) is 129 cm³/mol. The van der Waals surface area contributed by atoms with Gasteiger partial charge in [0.1, 0.15) is 11.3 Å². The Morgan fingerprint density at radius 1 is 0.727 bits per heavy atom. The van der Waals surface area contributed by atoms with E-state index in [9.17, 15) is 9.59 Å². The largest absolute Gasteiger partial charge is 0.324 e. The van der Waals surface area contributed by atoms with Crippen LogP contribution in [0, 0.1) is 5.41 Å². The first kappa shape index (κ1) is 20.4. The highest BCUT2D eigenvalue weighted by atomic mass is 16.2. The van der Waals surface area contributed by atoms with Gasteiger partial charge in [0, 0.05) is 29.6 Å². The van der Waals surface area contributed by atoms with E-state index in [1.54, 1.807) is 0 Å². The number of rotatable bonds is 2. The summed E-state index contributed by atoms with van der Waals surface area (Å²) in [5.74, 6) is -0.0337. The van der Waals surface area contributed by atoms with Crippen LogP contribution in [-0.4, -0.2) is 11.7 Å². The van der Waals surface area contributed by atoms with Crippen LogP contribution in [0.4, 0.5) is 5.69 Å². The average molecular weight is 437 g/mol. The van der Waals surface area contributed by atoms with Crippen molar-refractivity contribution in [3.63, 3.8) is 0 Å². The van der Waals surface area contributed by atoms with Crippen LogP contribution in [0.15, 0.2) is 84.9 Å². The summed E-state index contributed by atoms with van der Waals surface area (Å²) in [5.41, 5.74) is 1.99. The molecule has 4 heteroatoms. The number of Topliss-reactive ketones (excluding diaryl/α,β-unsaturated/α-hetero) is 1. The Morgan fingerprint density at radius 3 is 2.15 bits per heavy atom. The van der Waals surface area contributed by atoms with E-state index in [2.05, 4.69) is 34.9 Å². The zero-order chi connectivity index (χ0) is 22.5. The molecule has 1 aliphatic carbocycles. The van der Waals surface area contributed by atoms with Gasteiger partial charge in [-0.3, -0.25) is 14.9 Å². The molecule has 33 heavy (non-hydrogen) atoms. The SMILES string of the molecule is O=C1Nc2ccccc2C12NC(c1ccccc1)C(c1ccccc1)C21CCCCCC1=O. The fraction of sp³-hybridized carbons (Fsp3) is 0.310. The number of ketones is 1. The Balaban J connectivity index is 1.68. The first-order valence-corrected chi connectivity index (χ1v) is 12.0. The first-order valence-electron chi connectivity index (χ1n) is 12.0. The molecular weight excluding hydrogens is 408 g/mol. The van der Waals surface area contributed by atoms with E-state index in [-0.39, 0.29) is 23.7 Å². The maximum Gasteiger partial charge on any atom is 0.250 e. The summed E-state index contributed by atoms with van der Waals surface area (Å²) >= 11 is 0. The van der Waals surface area contributed by atoms with Gasteiger partial charge >= 0.3 is 0 Å². The summed E-state index contributed by atoms with van der Waals surface area (Å²) in [4.78, 5) is 28.3. The maximum atomic E-state index is 14.3. The number of benzene rings is 3. The van der Waals surface area contributed by atoms with Crippen LogP contribution in [-0.2, 0) is 15.1 Å². The highest BCUT2D eigenvalue weighted by molar-refractivity contribution is 6.11. The molecule has 4 unspecified atom stereocenters. The molecule has 3 aromatic carbocycles. The van der Waals surface area contributed by atoms with Gasteiger partial charge in [0.2, 0.25) is 5.91 Å². The minimum absolute atomic E-state index is 0.0988. The van der Waals surface area contributed by atoms with Gasteiger partial charge in [-0.2, -0.15) is 0 Å². The standard InChI is InChI=1S/C29H28N2O2/c32-24-18-8-3-11-19-28(24)25(20-12-4-1-5-13-20)26(21-14-6-2-7-15-21)31-29(28)22-16-9-10-17-23(22)30-27(29)33/h1-2,4-7,9-10,12-17,25-26,31H,3,8,11,18-19H2,(H,30,33). The van der Waals surface area contributed by atoms with Gasteiger partial charge in [-0.05, 0) is 30.0 Å². The zero-order valence-electron chi connectivity index (χ0n) is 18.6. The van der Waals surface area contributed by atoms with Crippen LogP contribution in [0.2, 0.25) is 0 Å². The second-order valence-corrected chi connectivity index (χ2v) is 9.63. The Kier molecular flexibility index (Phi) is 4.73. The van der Waals surface area contributed by atoms with Crippen molar-refractivity contribution in [2.24, 2.45) is 5.41 Å². The molecular formula is C29H28N2O2. The molecule has 4 atom stereocenters. The topological polar surface area (TPSA) is 58.2 Å². The number of hydrogen-bond acceptors (Lipinski definition) is 3. The molecule has 6 rings (SSSR count). The number of carbonyl (C=O) groups is 2. The van der Waals surface area contributed by atoms with E-state index in [1.807, 2.05) is 60.7 Å². The van der Waals surface area contributed by atoms with Gasteiger partial charge in [-0.15, -0.1) is 0 Å². The van der Waals surface area contributed by atoms with Crippen molar-refractivity contribution in [1.29, 1.82) is 0 Å². The molecule has 2 aliphatic heterocycles. The van der Waals surface area contributed by atoms with Crippen molar-refractivity contribution in [2.45, 2.75) is 49.6 Å². The molecule has 3 aliphatic rings. The normalized spacial score (nSPS) is 30.9. The van der Waals surface area contributed by atoms with E-state index >= 15 is 0 Å². The zero-order valence-corrected chi connectivity index (χ0v) is 18.6. The van der Waals surface area contributed by atoms with Crippen LogP contribution in [0.25, 0.3) is 0 Å². The summed E-state index contributed by atoms with van der Waals surface area (Å²) in [6, 6.07) is 28.4. The molecule has 0 radical (unpaired) electrons. The fourth-order valence-electron chi connectivity index (χ4n) is 6.83. The van der Waals surface area contributed by atoms with Gasteiger partial charge in [0.25, 0.3) is 0 Å². The molecule has 2 spiro atoms. The molecule has 4 nitrogen and oxygen atoms in total. The third kappa shape index (κ3) is 2.74. The minimum atomic E-state index is -1.09. The van der Waals surface area contributed by atoms with E-state index in [4.69, 9.17) is 0 Å². The second kappa shape index (κ2) is 7.67. The van der Waals surface area contributed by atoms with Crippen molar-refractivity contribution in [2.75, 3.05) is 5.32 Å². The van der Waals surface area contributed by atoms with Gasteiger partial charge in [0.15, 0.2) is 0 Å². The molecule has 2 fully saturated rings. The van der Waals surface area contributed by atoms with Gasteiger partial charge in [-0.1, -0.05) is 91.7 Å². The second-order valence-electron chi connectivity index (χ2n) is 9.63. The lowest BCUT2D eigenvalue weighted by molar-refractivity contribution is -0.140. The summed E-state index contributed by atoms with van der Waals surface area (Å²) in [6.45, 7) is 0. The molecule has 1 saturated carbocycles. The molecule has 2 heterocycles. The molecule has 3 aromatic rings. The highest BCUT2D eigenvalue weighted by Gasteiger charge is 2.73. The van der Waals surface area contributed by atoms with E-state index in [0.717, 1.165) is 41.6 Å². The third-order valence-corrected chi connectivity index (χ3v) is 8.12. The van der Waals surface area contributed by atoms with Gasteiger partial charge in [0.05, 0.1) is 5.41 Å². The van der Waals surface area contributed by atoms with Crippen molar-refractivity contribution in [3.05, 3.63) is 102 Å². The van der Waals surface area contributed by atoms with Crippen LogP contribution < -0.4 is 10.6 Å². The molecule has 0 aromatic heterocycles. The van der Waals surface area contributed by atoms with E-state index in [1.165, 1.54) is 0 Å². The quantitative estimate of drug-likeness (QED) is 0.559. The van der Waals surface area contributed by atoms with Crippen molar-refractivity contribution >= 4 is 17.4 Å². The molecule has 166 valence electrons. The minimum Gasteiger partial charge on any atom is -0.324 e. The first-order chi connectivity index (χ1) is 16.2. The average Bonchev–Trinajstić information content (AvgIpc) is 3.24. The molecule has 2 N–H and O–H groups in total. The van der Waals surface area contributed by atoms with Gasteiger partial charge < -0.3 is 5.32 Å².